The summed E-state index contributed by atoms with van der Waals surface area (Å²) in [5, 5.41) is 2.83. The molecule has 148 valence electrons. The van der Waals surface area contributed by atoms with Crippen molar-refractivity contribution >= 4 is 27.1 Å². The van der Waals surface area contributed by atoms with E-state index in [0.29, 0.717) is 0 Å². The van der Waals surface area contributed by atoms with Crippen molar-refractivity contribution in [3.8, 4) is 0 Å². The van der Waals surface area contributed by atoms with Crippen molar-refractivity contribution in [1.29, 1.82) is 0 Å². The van der Waals surface area contributed by atoms with Gasteiger partial charge in [0.25, 0.3) is 0 Å². The maximum Gasteiger partial charge on any atom is 0.00874 e. The van der Waals surface area contributed by atoms with E-state index < -0.39 is 0 Å². The molecule has 0 heterocycles. The molecular weight excluding hydrogens is 390 g/mol. The Bertz CT molecular complexity index is 473. The van der Waals surface area contributed by atoms with Crippen molar-refractivity contribution < 1.29 is 17.1 Å². The molecule has 0 aliphatic rings. The molecule has 7 heteroatoms. The smallest absolute Gasteiger partial charge is 0.00874 e. The topological polar surface area (TPSA) is 13.0 Å². The van der Waals surface area contributed by atoms with E-state index in [-0.39, 0.29) is 33.5 Å². The number of nitrogens with zero attached hydrogens (tertiary/aromatic N) is 4. The Balaban J connectivity index is 0.000000443. The summed E-state index contributed by atoms with van der Waals surface area (Å²) in [6.45, 7) is 0. The third kappa shape index (κ3) is 7.99. The molecule has 0 saturated heterocycles. The zero-order chi connectivity index (χ0) is 18.3. The normalized spacial score (nSPS) is 11.4. The Morgan fingerprint density at radius 3 is 1.32 bits per heavy atom. The van der Waals surface area contributed by atoms with Crippen LogP contribution in [-0.2, 0) is 17.1 Å². The van der Waals surface area contributed by atoms with Gasteiger partial charge in [-0.3, -0.25) is 9.34 Å². The molecule has 0 N–H and O–H groups in total. The van der Waals surface area contributed by atoms with Crippen molar-refractivity contribution in [3.05, 3.63) is 48.5 Å². The Kier molecular flexibility index (Phi) is 12.3. The van der Waals surface area contributed by atoms with Gasteiger partial charge in [0.1, 0.15) is 0 Å². The van der Waals surface area contributed by atoms with Gasteiger partial charge in [-0.2, -0.15) is 20.4 Å². The molecule has 2 aromatic carbocycles. The molecule has 25 heavy (non-hydrogen) atoms. The SMILES string of the molecule is CN(C)P([c-]1[cH-][cH-][cH-][cH-]1)N(C)C.CN(C)P([c-]1cccc1)N(C)C.[Fe]. The Labute approximate surface area is 167 Å². The van der Waals surface area contributed by atoms with Crippen LogP contribution in [0.4, 0.5) is 0 Å². The molecule has 0 fully saturated rings. The Morgan fingerprint density at radius 2 is 1.00 bits per heavy atom. The van der Waals surface area contributed by atoms with Crippen LogP contribution in [-0.4, -0.2) is 75.1 Å². The van der Waals surface area contributed by atoms with Gasteiger partial charge < -0.3 is 38.9 Å². The number of rotatable bonds is 6. The third-order valence-electron chi connectivity index (χ3n) is 3.27. The summed E-state index contributed by atoms with van der Waals surface area (Å²) in [6.07, 6.45) is 0. The van der Waals surface area contributed by atoms with Gasteiger partial charge >= 0.3 is 0 Å². The van der Waals surface area contributed by atoms with E-state index in [1.54, 1.807) is 0 Å². The predicted molar refractivity (Wildman–Crippen MR) is 112 cm³/mol. The van der Waals surface area contributed by atoms with Gasteiger partial charge in [0.05, 0.1) is 0 Å². The molecule has 0 radical (unpaired) electrons. The van der Waals surface area contributed by atoms with Gasteiger partial charge in [0, 0.05) is 25.3 Å². The molecule has 4 nitrogen and oxygen atoms in total. The molecule has 0 aromatic heterocycles. The first-order chi connectivity index (χ1) is 11.3. The monoisotopic (exact) mass is 422 g/mol. The van der Waals surface area contributed by atoms with E-state index in [1.165, 1.54) is 10.6 Å². The Hall–Kier alpha value is -0.0805. The van der Waals surface area contributed by atoms with Crippen LogP contribution in [0.25, 0.3) is 0 Å². The summed E-state index contributed by atoms with van der Waals surface area (Å²) in [4.78, 5) is 0. The molecular formula is C18H32FeN4P2-6. The van der Waals surface area contributed by atoms with Crippen molar-refractivity contribution in [3.63, 3.8) is 0 Å². The second-order valence-electron chi connectivity index (χ2n) is 6.25. The molecule has 0 saturated carbocycles. The van der Waals surface area contributed by atoms with Gasteiger partial charge in [-0.05, 0) is 56.4 Å². The average Bonchev–Trinajstić information content (AvgIpc) is 3.11. The van der Waals surface area contributed by atoms with Crippen molar-refractivity contribution in [2.75, 3.05) is 56.4 Å². The minimum atomic E-state index is -0.270. The number of hydrogen-bond acceptors (Lipinski definition) is 4. The fraction of sp³-hybridized carbons (Fsp3) is 0.444. The fourth-order valence-corrected chi connectivity index (χ4v) is 6.79. The second kappa shape index (κ2) is 12.3. The summed E-state index contributed by atoms with van der Waals surface area (Å²) in [7, 11) is 16.4. The maximum atomic E-state index is 2.27. The minimum Gasteiger partial charge on any atom is -0.747 e. The third-order valence-corrected chi connectivity index (χ3v) is 7.82. The van der Waals surface area contributed by atoms with Crippen molar-refractivity contribution in [1.82, 2.24) is 18.7 Å². The summed E-state index contributed by atoms with van der Waals surface area (Å²) < 4.78 is 9.07. The van der Waals surface area contributed by atoms with Crippen LogP contribution in [0.1, 0.15) is 0 Å². The zero-order valence-electron chi connectivity index (χ0n) is 16.7. The second-order valence-corrected chi connectivity index (χ2v) is 11.6. The van der Waals surface area contributed by atoms with Gasteiger partial charge in [0.2, 0.25) is 0 Å². The summed E-state index contributed by atoms with van der Waals surface area (Å²) in [6, 6.07) is 17.1. The molecule has 0 bridgehead atoms. The van der Waals surface area contributed by atoms with Crippen molar-refractivity contribution in [2.45, 2.75) is 0 Å². The van der Waals surface area contributed by atoms with Crippen molar-refractivity contribution in [2.24, 2.45) is 0 Å². The summed E-state index contributed by atoms with van der Waals surface area (Å²) in [5.74, 6) is 0. The van der Waals surface area contributed by atoms with E-state index >= 15 is 0 Å². The van der Waals surface area contributed by atoms with Crippen LogP contribution >= 0.6 is 16.4 Å². The Morgan fingerprint density at radius 1 is 0.640 bits per heavy atom. The number of hydrogen-bond donors (Lipinski definition) is 0. The minimum absolute atomic E-state index is 0. The maximum absolute atomic E-state index is 2.27. The molecule has 0 spiro atoms. The first-order valence-electron chi connectivity index (χ1n) is 7.98. The first-order valence-corrected chi connectivity index (χ1v) is 10.5. The fourth-order valence-electron chi connectivity index (χ4n) is 2.63. The molecule has 0 aliphatic carbocycles. The largest absolute Gasteiger partial charge is 0.747 e. The average molecular weight is 422 g/mol. The van der Waals surface area contributed by atoms with E-state index in [4.69, 9.17) is 0 Å². The van der Waals surface area contributed by atoms with Crippen LogP contribution in [0.5, 0.6) is 0 Å². The van der Waals surface area contributed by atoms with Gasteiger partial charge in [-0.25, -0.2) is 12.1 Å². The molecule has 0 unspecified atom stereocenters. The van der Waals surface area contributed by atoms with E-state index in [0.717, 1.165) is 0 Å². The molecule has 0 aliphatic heterocycles. The van der Waals surface area contributed by atoms with Gasteiger partial charge in [-0.15, -0.1) is 5.30 Å². The molecule has 2 rings (SSSR count). The predicted octanol–water partition coefficient (Wildman–Crippen LogP) is 2.93. The molecule has 0 atom stereocenters. The zero-order valence-corrected chi connectivity index (χ0v) is 19.5. The summed E-state index contributed by atoms with van der Waals surface area (Å²) >= 11 is 0. The summed E-state index contributed by atoms with van der Waals surface area (Å²) in [5.41, 5.74) is 0. The first kappa shape index (κ1) is 24.9. The van der Waals surface area contributed by atoms with Crippen LogP contribution < -0.4 is 10.6 Å². The quantitative estimate of drug-likeness (QED) is 0.403. The standard InChI is InChI=1S/2C9H16N2P.Fe/c2*1-10(2)12(11(3)4)9-7-5-6-8-9;/h2*5-8H,1-4H3;/q-5;-1;. The molecule has 0 amide bonds. The molecule has 2 aromatic rings. The van der Waals surface area contributed by atoms with Gasteiger partial charge in [-0.1, -0.05) is 0 Å². The van der Waals surface area contributed by atoms with Crippen LogP contribution in [0.2, 0.25) is 0 Å². The van der Waals surface area contributed by atoms with Crippen LogP contribution in [0, 0.1) is 0 Å². The van der Waals surface area contributed by atoms with Crippen LogP contribution in [0.15, 0.2) is 48.5 Å². The van der Waals surface area contributed by atoms with E-state index in [2.05, 4.69) is 124 Å². The van der Waals surface area contributed by atoms with E-state index in [9.17, 15) is 0 Å². The van der Waals surface area contributed by atoms with E-state index in [1.807, 2.05) is 0 Å². The van der Waals surface area contributed by atoms with Crippen LogP contribution in [0.3, 0.4) is 0 Å². The van der Waals surface area contributed by atoms with Gasteiger partial charge in [0.15, 0.2) is 0 Å².